The van der Waals surface area contributed by atoms with Crippen molar-refractivity contribution < 1.29 is 37.1 Å². The van der Waals surface area contributed by atoms with Crippen LogP contribution in [0.1, 0.15) is 100 Å². The van der Waals surface area contributed by atoms with E-state index >= 15 is 4.39 Å². The number of alkyl halides is 3. The molecule has 4 saturated carbocycles. The summed E-state index contributed by atoms with van der Waals surface area (Å²) in [6, 6.07) is 9.11. The first-order chi connectivity index (χ1) is 21.9. The molecule has 2 heterocycles. The minimum Gasteiger partial charge on any atom is -0.481 e. The van der Waals surface area contributed by atoms with E-state index in [4.69, 9.17) is 0 Å². The molecule has 3 atom stereocenters. The molecule has 2 aromatic rings. The summed E-state index contributed by atoms with van der Waals surface area (Å²) in [5.41, 5.74) is -4.59. The van der Waals surface area contributed by atoms with Gasteiger partial charge in [-0.05, 0) is 81.2 Å². The minimum absolute atomic E-state index is 0.294. The Hall–Kier alpha value is -3.47. The maximum atomic E-state index is 16.5. The number of anilines is 1. The Balaban J connectivity index is 1.44. The fourth-order valence-electron chi connectivity index (χ4n) is 10.3. The first-order valence-corrected chi connectivity index (χ1v) is 16.4. The summed E-state index contributed by atoms with van der Waals surface area (Å²) >= 11 is 0. The predicted molar refractivity (Wildman–Crippen MR) is 162 cm³/mol. The zero-order chi connectivity index (χ0) is 32.7. The van der Waals surface area contributed by atoms with Crippen molar-refractivity contribution in [1.82, 2.24) is 10.2 Å². The Morgan fingerprint density at radius 1 is 0.957 bits per heavy atom. The average molecular weight is 642 g/mol. The van der Waals surface area contributed by atoms with Gasteiger partial charge in [0.15, 0.2) is 0 Å². The second-order valence-electron chi connectivity index (χ2n) is 14.2. The lowest BCUT2D eigenvalue weighted by Crippen LogP contribution is -2.63. The van der Waals surface area contributed by atoms with Gasteiger partial charge in [-0.3, -0.25) is 19.3 Å². The summed E-state index contributed by atoms with van der Waals surface area (Å²) < 4.78 is 59.0. The lowest BCUT2D eigenvalue weighted by atomic mass is 9.55. The molecule has 11 heteroatoms. The highest BCUT2D eigenvalue weighted by atomic mass is 19.4. The van der Waals surface area contributed by atoms with E-state index < -0.39 is 69.2 Å². The van der Waals surface area contributed by atoms with Crippen LogP contribution in [0.3, 0.4) is 0 Å². The van der Waals surface area contributed by atoms with Gasteiger partial charge >= 0.3 is 12.1 Å². The van der Waals surface area contributed by atoms with Gasteiger partial charge in [0.2, 0.25) is 11.8 Å². The van der Waals surface area contributed by atoms with Crippen LogP contribution in [0.4, 0.5) is 23.2 Å². The summed E-state index contributed by atoms with van der Waals surface area (Å²) in [5, 5.41) is 16.2. The number of para-hydroxylation sites is 1. The van der Waals surface area contributed by atoms with Gasteiger partial charge in [-0.25, -0.2) is 4.39 Å². The number of hydrogen-bond acceptors (Lipinski definition) is 4. The van der Waals surface area contributed by atoms with Gasteiger partial charge in [-0.1, -0.05) is 56.5 Å². The molecular weight excluding hydrogens is 602 g/mol. The fourth-order valence-corrected chi connectivity index (χ4v) is 10.3. The van der Waals surface area contributed by atoms with Crippen LogP contribution in [0.5, 0.6) is 0 Å². The number of nitrogens with one attached hydrogen (secondary N) is 2. The molecule has 0 aromatic heterocycles. The number of nitrogens with zero attached hydrogens (tertiary/aromatic N) is 1. The van der Waals surface area contributed by atoms with E-state index in [-0.39, 0.29) is 5.56 Å². The van der Waals surface area contributed by atoms with Crippen LogP contribution >= 0.6 is 0 Å². The number of amides is 2. The second-order valence-corrected chi connectivity index (χ2v) is 14.2. The second kappa shape index (κ2) is 10.5. The quantitative estimate of drug-likeness (QED) is 0.323. The van der Waals surface area contributed by atoms with Gasteiger partial charge in [0.1, 0.15) is 11.2 Å². The maximum absolute atomic E-state index is 16.5. The van der Waals surface area contributed by atoms with Gasteiger partial charge in [0.05, 0.1) is 17.0 Å². The fraction of sp³-hybridized carbons (Fsp3) is 0.571. The van der Waals surface area contributed by atoms with Crippen molar-refractivity contribution in [2.45, 2.75) is 112 Å². The molecule has 3 N–H and O–H groups in total. The van der Waals surface area contributed by atoms with Gasteiger partial charge < -0.3 is 15.7 Å². The number of rotatable bonds is 5. The number of carboxylic acid groups (broad SMARTS) is 1. The number of hydrogen-bond donors (Lipinski definition) is 3. The van der Waals surface area contributed by atoms with Crippen LogP contribution in [0.2, 0.25) is 0 Å². The standard InChI is InChI=1S/C35H39F4N3O4/c1-2-42-27(28(43)41-32-18-15-31(16-19-32,17-20-32)30(45)46)25(21-9-8-11-23(26(21)36)35(37,38)39)34(33(42)13-6-3-7-14-33)22-10-4-5-12-24(22)40-29(34)44/h4-5,8-12,25,27H,2-3,6-7,13-20H2,1H3,(H,40,44)(H,41,43)(H,45,46)/t25-,27+,31?,32?,34+/m0/s1. The molecule has 2 aliphatic heterocycles. The van der Waals surface area contributed by atoms with Gasteiger partial charge in [-0.15, -0.1) is 0 Å². The molecule has 8 rings (SSSR count). The molecule has 5 fully saturated rings. The van der Waals surface area contributed by atoms with E-state index in [1.807, 2.05) is 11.8 Å². The van der Waals surface area contributed by atoms with Crippen LogP contribution in [0, 0.1) is 11.2 Å². The molecule has 7 nitrogen and oxygen atoms in total. The molecular formula is C35H39F4N3O4. The molecule has 46 heavy (non-hydrogen) atoms. The normalized spacial score (nSPS) is 33.3. The molecule has 1 saturated heterocycles. The zero-order valence-electron chi connectivity index (χ0n) is 25.8. The van der Waals surface area contributed by atoms with Gasteiger partial charge in [0.25, 0.3) is 0 Å². The Kier molecular flexibility index (Phi) is 7.12. The van der Waals surface area contributed by atoms with Crippen LogP contribution in [-0.4, -0.2) is 51.5 Å². The minimum atomic E-state index is -4.98. The Morgan fingerprint density at radius 2 is 1.61 bits per heavy atom. The van der Waals surface area contributed by atoms with Crippen molar-refractivity contribution >= 4 is 23.5 Å². The van der Waals surface area contributed by atoms with Crippen molar-refractivity contribution in [3.05, 3.63) is 65.0 Å². The highest BCUT2D eigenvalue weighted by Crippen LogP contribution is 2.66. The number of benzene rings is 2. The van der Waals surface area contributed by atoms with Crippen LogP contribution in [0.25, 0.3) is 0 Å². The number of carboxylic acids is 1. The molecule has 6 aliphatic rings. The van der Waals surface area contributed by atoms with Gasteiger partial charge in [0, 0.05) is 22.7 Å². The smallest absolute Gasteiger partial charge is 0.419 e. The third-order valence-electron chi connectivity index (χ3n) is 12.4. The van der Waals surface area contributed by atoms with E-state index in [1.54, 1.807) is 24.3 Å². The number of fused-ring (bicyclic) bond motifs is 6. The summed E-state index contributed by atoms with van der Waals surface area (Å²) in [6.45, 7) is 2.20. The van der Waals surface area contributed by atoms with Crippen molar-refractivity contribution in [2.24, 2.45) is 5.41 Å². The number of likely N-dealkylation sites (N-methyl/N-ethyl adjacent to an activating group) is 1. The van der Waals surface area contributed by atoms with Crippen molar-refractivity contribution in [1.29, 1.82) is 0 Å². The van der Waals surface area contributed by atoms with Crippen molar-refractivity contribution in [3.8, 4) is 0 Å². The van der Waals surface area contributed by atoms with Crippen LogP contribution in [-0.2, 0) is 26.0 Å². The van der Waals surface area contributed by atoms with E-state index in [9.17, 15) is 32.7 Å². The number of aliphatic carboxylic acids is 1. The van der Waals surface area contributed by atoms with E-state index in [0.717, 1.165) is 25.3 Å². The largest absolute Gasteiger partial charge is 0.481 e. The highest BCUT2D eigenvalue weighted by Gasteiger charge is 2.75. The lowest BCUT2D eigenvalue weighted by Gasteiger charge is -2.52. The molecule has 0 unspecified atom stereocenters. The van der Waals surface area contributed by atoms with Crippen molar-refractivity contribution in [2.75, 3.05) is 11.9 Å². The molecule has 2 aromatic carbocycles. The lowest BCUT2D eigenvalue weighted by molar-refractivity contribution is -0.157. The Labute approximate surface area is 265 Å². The molecule has 0 radical (unpaired) electrons. The first-order valence-electron chi connectivity index (χ1n) is 16.4. The Bertz CT molecular complexity index is 1580. The molecule has 2 bridgehead atoms. The Morgan fingerprint density at radius 3 is 2.22 bits per heavy atom. The highest BCUT2D eigenvalue weighted by molar-refractivity contribution is 6.10. The van der Waals surface area contributed by atoms with Crippen LogP contribution < -0.4 is 10.6 Å². The predicted octanol–water partition coefficient (Wildman–Crippen LogP) is 6.52. The molecule has 4 aliphatic carbocycles. The van der Waals surface area contributed by atoms with E-state index in [0.29, 0.717) is 75.2 Å². The van der Waals surface area contributed by atoms with Crippen LogP contribution in [0.15, 0.2) is 42.5 Å². The van der Waals surface area contributed by atoms with E-state index in [2.05, 4.69) is 10.6 Å². The third kappa shape index (κ3) is 4.08. The topological polar surface area (TPSA) is 98.7 Å². The molecule has 2 amide bonds. The first kappa shape index (κ1) is 31.1. The molecule has 246 valence electrons. The summed E-state index contributed by atoms with van der Waals surface area (Å²) in [6.07, 6.45) is 1.12. The monoisotopic (exact) mass is 641 g/mol. The van der Waals surface area contributed by atoms with Gasteiger partial charge in [-0.2, -0.15) is 13.2 Å². The summed E-state index contributed by atoms with van der Waals surface area (Å²) in [5.74, 6) is -4.43. The SMILES string of the molecule is CCN1[C@@H](C(=O)NC23CCC(C(=O)O)(CC2)CC3)[C@H](c2cccc(C(F)(F)F)c2F)[C@]2(C(=O)Nc3ccccc32)C12CCCCC2. The van der Waals surface area contributed by atoms with Crippen molar-refractivity contribution in [3.63, 3.8) is 0 Å². The number of halogens is 4. The maximum Gasteiger partial charge on any atom is 0.419 e. The third-order valence-corrected chi connectivity index (χ3v) is 12.4. The number of carbonyl (C=O) groups excluding carboxylic acids is 2. The average Bonchev–Trinajstić information content (AvgIpc) is 3.47. The summed E-state index contributed by atoms with van der Waals surface area (Å²) in [7, 11) is 0. The number of likely N-dealkylation sites (tertiary alicyclic amines) is 1. The summed E-state index contributed by atoms with van der Waals surface area (Å²) in [4.78, 5) is 43.7. The molecule has 2 spiro atoms. The van der Waals surface area contributed by atoms with E-state index in [1.165, 1.54) is 6.07 Å². The zero-order valence-corrected chi connectivity index (χ0v) is 25.8. The number of carbonyl (C=O) groups is 3.